The van der Waals surface area contributed by atoms with Crippen molar-refractivity contribution in [3.63, 3.8) is 0 Å². The lowest BCUT2D eigenvalue weighted by molar-refractivity contribution is -0.152. The predicted molar refractivity (Wildman–Crippen MR) is 150 cm³/mol. The molecule has 0 aromatic heterocycles. The number of hydrogen-bond donors (Lipinski definition) is 3. The molecule has 3 aromatic rings. The van der Waals surface area contributed by atoms with Crippen molar-refractivity contribution in [3.05, 3.63) is 95.6 Å². The number of amides is 2. The number of nitrogens with one attached hydrogen (secondary N) is 2. The van der Waals surface area contributed by atoms with E-state index in [4.69, 9.17) is 4.74 Å². The highest BCUT2D eigenvalue weighted by Gasteiger charge is 2.52. The minimum Gasteiger partial charge on any atom is -0.480 e. The van der Waals surface area contributed by atoms with Crippen LogP contribution in [-0.2, 0) is 20.9 Å². The van der Waals surface area contributed by atoms with Gasteiger partial charge in [0.2, 0.25) is 5.91 Å². The maximum atomic E-state index is 13.7. The van der Waals surface area contributed by atoms with E-state index >= 15 is 0 Å². The van der Waals surface area contributed by atoms with Crippen molar-refractivity contribution in [2.24, 2.45) is 0 Å². The Balaban J connectivity index is 1.19. The smallest absolute Gasteiger partial charge is 0.408 e. The summed E-state index contributed by atoms with van der Waals surface area (Å²) in [6.07, 6.45) is 1.16. The molecule has 3 aliphatic rings. The number of alkyl carbamates (subject to hydrolysis) is 1. The van der Waals surface area contributed by atoms with Gasteiger partial charge in [0.05, 0.1) is 0 Å². The SMILES string of the molecule is O=C(NC1(C(=O)NC2(C(=O)O)CCC2)CCN(Cc2ccccc2)C1)OCC1c2ccccc2-c2ccccc21. The van der Waals surface area contributed by atoms with Crippen LogP contribution in [0.2, 0.25) is 0 Å². The highest BCUT2D eigenvalue weighted by atomic mass is 16.5. The van der Waals surface area contributed by atoms with Crippen molar-refractivity contribution in [2.75, 3.05) is 19.7 Å². The fourth-order valence-electron chi connectivity index (χ4n) is 6.30. The molecule has 206 valence electrons. The van der Waals surface area contributed by atoms with E-state index in [9.17, 15) is 19.5 Å². The number of ether oxygens (including phenoxy) is 1. The summed E-state index contributed by atoms with van der Waals surface area (Å²) in [6.45, 7) is 1.58. The lowest BCUT2D eigenvalue weighted by Crippen LogP contribution is -2.68. The third-order valence-corrected chi connectivity index (χ3v) is 8.69. The molecule has 1 saturated carbocycles. The molecule has 0 radical (unpaired) electrons. The summed E-state index contributed by atoms with van der Waals surface area (Å²) in [5, 5.41) is 15.5. The van der Waals surface area contributed by atoms with Crippen molar-refractivity contribution in [1.29, 1.82) is 0 Å². The van der Waals surface area contributed by atoms with Crippen LogP contribution in [0.25, 0.3) is 11.1 Å². The van der Waals surface area contributed by atoms with E-state index in [1.807, 2.05) is 54.6 Å². The molecule has 1 atom stereocenters. The molecule has 1 unspecified atom stereocenters. The van der Waals surface area contributed by atoms with Crippen molar-refractivity contribution < 1.29 is 24.2 Å². The third kappa shape index (κ3) is 4.73. The molecule has 2 aliphatic carbocycles. The second-order valence-corrected chi connectivity index (χ2v) is 11.2. The number of carboxylic acids is 1. The third-order valence-electron chi connectivity index (χ3n) is 8.69. The van der Waals surface area contributed by atoms with Gasteiger partial charge in [0.15, 0.2) is 0 Å². The number of fused-ring (bicyclic) bond motifs is 3. The second-order valence-electron chi connectivity index (χ2n) is 11.2. The lowest BCUT2D eigenvalue weighted by Gasteiger charge is -2.41. The van der Waals surface area contributed by atoms with Gasteiger partial charge in [-0.15, -0.1) is 0 Å². The molecular formula is C32H33N3O5. The van der Waals surface area contributed by atoms with E-state index < -0.39 is 29.0 Å². The van der Waals surface area contributed by atoms with Crippen LogP contribution in [0.15, 0.2) is 78.9 Å². The van der Waals surface area contributed by atoms with Crippen molar-refractivity contribution in [3.8, 4) is 11.1 Å². The summed E-state index contributed by atoms with van der Waals surface area (Å²) < 4.78 is 5.78. The van der Waals surface area contributed by atoms with Gasteiger partial charge >= 0.3 is 12.1 Å². The average molecular weight is 540 g/mol. The molecule has 40 heavy (non-hydrogen) atoms. The van der Waals surface area contributed by atoms with E-state index in [1.54, 1.807) is 0 Å². The summed E-state index contributed by atoms with van der Waals surface area (Å²) in [5.41, 5.74) is 3.00. The van der Waals surface area contributed by atoms with Gasteiger partial charge in [0.1, 0.15) is 17.7 Å². The van der Waals surface area contributed by atoms with E-state index in [-0.39, 0.29) is 19.1 Å². The Kier molecular flexibility index (Phi) is 6.80. The molecule has 1 saturated heterocycles. The first-order valence-corrected chi connectivity index (χ1v) is 13.8. The monoisotopic (exact) mass is 539 g/mol. The summed E-state index contributed by atoms with van der Waals surface area (Å²) in [7, 11) is 0. The van der Waals surface area contributed by atoms with Crippen LogP contribution >= 0.6 is 0 Å². The molecule has 3 N–H and O–H groups in total. The molecule has 2 amide bonds. The Morgan fingerprint density at radius 2 is 1.45 bits per heavy atom. The number of nitrogens with zero attached hydrogens (tertiary/aromatic N) is 1. The topological polar surface area (TPSA) is 108 Å². The van der Waals surface area contributed by atoms with Gasteiger partial charge in [0.25, 0.3) is 0 Å². The van der Waals surface area contributed by atoms with Gasteiger partial charge in [-0.05, 0) is 53.5 Å². The summed E-state index contributed by atoms with van der Waals surface area (Å²) in [6, 6.07) is 26.2. The van der Waals surface area contributed by atoms with Gasteiger partial charge in [0, 0.05) is 25.6 Å². The number of carboxylic acid groups (broad SMARTS) is 1. The van der Waals surface area contributed by atoms with E-state index in [1.165, 1.54) is 0 Å². The minimum absolute atomic E-state index is 0.105. The zero-order valence-corrected chi connectivity index (χ0v) is 22.3. The number of likely N-dealkylation sites (tertiary alicyclic amines) is 1. The molecule has 0 bridgehead atoms. The van der Waals surface area contributed by atoms with Gasteiger partial charge < -0.3 is 20.5 Å². The van der Waals surface area contributed by atoms with Gasteiger partial charge in [-0.25, -0.2) is 9.59 Å². The Bertz CT molecular complexity index is 1390. The Hall–Kier alpha value is -4.17. The molecule has 8 nitrogen and oxygen atoms in total. The highest BCUT2D eigenvalue weighted by Crippen LogP contribution is 2.44. The van der Waals surface area contributed by atoms with Crippen molar-refractivity contribution in [2.45, 2.75) is 49.2 Å². The van der Waals surface area contributed by atoms with Crippen molar-refractivity contribution in [1.82, 2.24) is 15.5 Å². The average Bonchev–Trinajstić information content (AvgIpc) is 3.49. The molecule has 1 heterocycles. The minimum atomic E-state index is -1.30. The molecule has 6 rings (SSSR count). The second kappa shape index (κ2) is 10.4. The summed E-state index contributed by atoms with van der Waals surface area (Å²) in [5.74, 6) is -1.62. The van der Waals surface area contributed by atoms with Crippen LogP contribution in [0.4, 0.5) is 4.79 Å². The zero-order chi connectivity index (χ0) is 27.7. The molecule has 8 heteroatoms. The molecule has 0 spiro atoms. The van der Waals surface area contributed by atoms with Gasteiger partial charge in [-0.1, -0.05) is 78.9 Å². The molecule has 2 fully saturated rings. The Morgan fingerprint density at radius 1 is 0.825 bits per heavy atom. The number of benzene rings is 3. The van der Waals surface area contributed by atoms with E-state index in [0.717, 1.165) is 34.2 Å². The predicted octanol–water partition coefficient (Wildman–Crippen LogP) is 4.29. The maximum Gasteiger partial charge on any atom is 0.408 e. The molecular weight excluding hydrogens is 506 g/mol. The van der Waals surface area contributed by atoms with Crippen LogP contribution < -0.4 is 10.6 Å². The zero-order valence-electron chi connectivity index (χ0n) is 22.3. The largest absolute Gasteiger partial charge is 0.480 e. The molecule has 3 aromatic carbocycles. The van der Waals surface area contributed by atoms with Crippen molar-refractivity contribution >= 4 is 18.0 Å². The number of hydrogen-bond acceptors (Lipinski definition) is 5. The fraction of sp³-hybridized carbons (Fsp3) is 0.344. The number of rotatable bonds is 8. The normalized spacial score (nSPS) is 21.1. The lowest BCUT2D eigenvalue weighted by atomic mass is 9.76. The first-order chi connectivity index (χ1) is 19.4. The highest BCUT2D eigenvalue weighted by molar-refractivity contribution is 5.95. The van der Waals surface area contributed by atoms with Crippen LogP contribution in [-0.4, -0.2) is 58.8 Å². The Morgan fingerprint density at radius 3 is 2.05 bits per heavy atom. The number of aliphatic carboxylic acids is 1. The molecule has 1 aliphatic heterocycles. The summed E-state index contributed by atoms with van der Waals surface area (Å²) in [4.78, 5) is 41.1. The van der Waals surface area contributed by atoms with Crippen LogP contribution in [0, 0.1) is 0 Å². The number of carbonyl (C=O) groups excluding carboxylic acids is 2. The quantitative estimate of drug-likeness (QED) is 0.394. The van der Waals surface area contributed by atoms with E-state index in [0.29, 0.717) is 32.4 Å². The van der Waals surface area contributed by atoms with Crippen LogP contribution in [0.1, 0.15) is 48.3 Å². The van der Waals surface area contributed by atoms with Gasteiger partial charge in [-0.3, -0.25) is 9.69 Å². The fourth-order valence-corrected chi connectivity index (χ4v) is 6.30. The standard InChI is InChI=1S/C32H33N3O5/c36-28(33-31(29(37)38)15-8-16-31)32(17-18-35(21-32)19-22-9-2-1-3-10-22)34-30(39)40-20-27-25-13-6-4-11-23(25)24-12-5-7-14-26(24)27/h1-7,9-14,27H,8,15-21H2,(H,33,36)(H,34,39)(H,37,38). The maximum absolute atomic E-state index is 13.7. The van der Waals surface area contributed by atoms with Crippen LogP contribution in [0.5, 0.6) is 0 Å². The van der Waals surface area contributed by atoms with Gasteiger partial charge in [-0.2, -0.15) is 0 Å². The summed E-state index contributed by atoms with van der Waals surface area (Å²) >= 11 is 0. The number of carbonyl (C=O) groups is 3. The first-order valence-electron chi connectivity index (χ1n) is 13.8. The first kappa shape index (κ1) is 26.1. The van der Waals surface area contributed by atoms with Crippen LogP contribution in [0.3, 0.4) is 0 Å². The van der Waals surface area contributed by atoms with E-state index in [2.05, 4.69) is 39.8 Å². The Labute approximate surface area is 233 Å².